The standard InChI is InChI=1S/C13H13BrClNO/c14-11-8-10(6-7-12(11)15)16-13(17)9-4-2-1-3-5-9/h1-2,6-9H,3-5H2,(H,16,17). The number of anilines is 1. The van der Waals surface area contributed by atoms with E-state index in [2.05, 4.69) is 33.4 Å². The van der Waals surface area contributed by atoms with Crippen molar-refractivity contribution in [3.63, 3.8) is 0 Å². The number of allylic oxidation sites excluding steroid dienone is 2. The number of halogens is 2. The first-order valence-electron chi connectivity index (χ1n) is 5.58. The molecule has 0 heterocycles. The van der Waals surface area contributed by atoms with Gasteiger partial charge in [0, 0.05) is 16.1 Å². The Bertz CT molecular complexity index is 459. The van der Waals surface area contributed by atoms with E-state index in [0.29, 0.717) is 5.02 Å². The topological polar surface area (TPSA) is 29.1 Å². The maximum atomic E-state index is 12.0. The molecule has 1 unspecified atom stereocenters. The molecule has 1 N–H and O–H groups in total. The van der Waals surface area contributed by atoms with Crippen LogP contribution in [0.4, 0.5) is 5.69 Å². The average Bonchev–Trinajstić information content (AvgIpc) is 2.35. The Kier molecular flexibility index (Phi) is 4.24. The third-order valence-electron chi connectivity index (χ3n) is 2.83. The normalized spacial score (nSPS) is 19.1. The molecule has 0 aromatic heterocycles. The summed E-state index contributed by atoms with van der Waals surface area (Å²) < 4.78 is 0.792. The quantitative estimate of drug-likeness (QED) is 0.806. The Morgan fingerprint density at radius 3 is 2.88 bits per heavy atom. The van der Waals surface area contributed by atoms with Crippen molar-refractivity contribution in [1.82, 2.24) is 0 Å². The summed E-state index contributed by atoms with van der Waals surface area (Å²) in [4.78, 5) is 12.0. The Hall–Kier alpha value is -0.800. The molecule has 1 aliphatic carbocycles. The van der Waals surface area contributed by atoms with Crippen LogP contribution in [0.2, 0.25) is 5.02 Å². The van der Waals surface area contributed by atoms with E-state index in [9.17, 15) is 4.79 Å². The van der Waals surface area contributed by atoms with Crippen molar-refractivity contribution in [2.45, 2.75) is 19.3 Å². The minimum atomic E-state index is 0.0866. The molecular weight excluding hydrogens is 302 g/mol. The van der Waals surface area contributed by atoms with Crippen LogP contribution in [-0.2, 0) is 4.79 Å². The highest BCUT2D eigenvalue weighted by Crippen LogP contribution is 2.26. The van der Waals surface area contributed by atoms with Gasteiger partial charge in [-0.15, -0.1) is 0 Å². The predicted octanol–water partition coefficient (Wildman–Crippen LogP) is 4.40. The second-order valence-corrected chi connectivity index (χ2v) is 5.36. The molecule has 1 atom stereocenters. The summed E-state index contributed by atoms with van der Waals surface area (Å²) in [5, 5.41) is 3.56. The van der Waals surface area contributed by atoms with Gasteiger partial charge in [-0.05, 0) is 53.4 Å². The zero-order valence-electron chi connectivity index (χ0n) is 9.25. The predicted molar refractivity (Wildman–Crippen MR) is 74.3 cm³/mol. The van der Waals surface area contributed by atoms with Crippen molar-refractivity contribution in [2.75, 3.05) is 5.32 Å². The number of carbonyl (C=O) groups is 1. The van der Waals surface area contributed by atoms with Gasteiger partial charge < -0.3 is 5.32 Å². The van der Waals surface area contributed by atoms with Gasteiger partial charge in [0.05, 0.1) is 5.02 Å². The Morgan fingerprint density at radius 1 is 1.41 bits per heavy atom. The molecule has 0 fully saturated rings. The van der Waals surface area contributed by atoms with Gasteiger partial charge in [-0.3, -0.25) is 4.79 Å². The van der Waals surface area contributed by atoms with E-state index in [1.165, 1.54) is 0 Å². The molecule has 1 amide bonds. The molecule has 90 valence electrons. The molecule has 0 radical (unpaired) electrons. The summed E-state index contributed by atoms with van der Waals surface area (Å²) in [6.07, 6.45) is 6.95. The molecule has 0 bridgehead atoms. The van der Waals surface area contributed by atoms with Crippen molar-refractivity contribution in [3.05, 3.63) is 39.8 Å². The first-order valence-corrected chi connectivity index (χ1v) is 6.75. The van der Waals surface area contributed by atoms with Crippen molar-refractivity contribution < 1.29 is 4.79 Å². The Morgan fingerprint density at radius 2 is 2.24 bits per heavy atom. The number of hydrogen-bond donors (Lipinski definition) is 1. The highest BCUT2D eigenvalue weighted by molar-refractivity contribution is 9.10. The molecule has 1 aliphatic rings. The lowest BCUT2D eigenvalue weighted by Gasteiger charge is -2.17. The van der Waals surface area contributed by atoms with Gasteiger partial charge >= 0.3 is 0 Å². The SMILES string of the molecule is O=C(Nc1ccc(Cl)c(Br)c1)C1CC=CCC1. The molecule has 4 heteroatoms. The Labute approximate surface area is 114 Å². The van der Waals surface area contributed by atoms with E-state index in [0.717, 1.165) is 29.4 Å². The molecule has 0 saturated heterocycles. The molecule has 1 aromatic carbocycles. The van der Waals surface area contributed by atoms with E-state index in [1.54, 1.807) is 6.07 Å². The summed E-state index contributed by atoms with van der Waals surface area (Å²) >= 11 is 9.23. The van der Waals surface area contributed by atoms with Crippen molar-refractivity contribution in [2.24, 2.45) is 5.92 Å². The van der Waals surface area contributed by atoms with E-state index in [1.807, 2.05) is 12.1 Å². The summed E-state index contributed by atoms with van der Waals surface area (Å²) in [7, 11) is 0. The molecular formula is C13H13BrClNO. The number of rotatable bonds is 2. The summed E-state index contributed by atoms with van der Waals surface area (Å²) in [5.41, 5.74) is 0.779. The zero-order chi connectivity index (χ0) is 12.3. The second-order valence-electron chi connectivity index (χ2n) is 4.10. The van der Waals surface area contributed by atoms with Crippen LogP contribution >= 0.6 is 27.5 Å². The van der Waals surface area contributed by atoms with E-state index in [-0.39, 0.29) is 11.8 Å². The Balaban J connectivity index is 2.02. The van der Waals surface area contributed by atoms with Gasteiger partial charge in [0.2, 0.25) is 5.91 Å². The van der Waals surface area contributed by atoms with Crippen LogP contribution in [0.5, 0.6) is 0 Å². The highest BCUT2D eigenvalue weighted by Gasteiger charge is 2.18. The summed E-state index contributed by atoms with van der Waals surface area (Å²) in [6, 6.07) is 5.39. The average molecular weight is 315 g/mol. The van der Waals surface area contributed by atoms with Crippen LogP contribution in [-0.4, -0.2) is 5.91 Å². The fraction of sp³-hybridized carbons (Fsp3) is 0.308. The van der Waals surface area contributed by atoms with Gasteiger partial charge in [0.25, 0.3) is 0 Å². The van der Waals surface area contributed by atoms with E-state index >= 15 is 0 Å². The molecule has 2 rings (SSSR count). The van der Waals surface area contributed by atoms with Gasteiger partial charge in [-0.1, -0.05) is 23.8 Å². The molecule has 17 heavy (non-hydrogen) atoms. The molecule has 2 nitrogen and oxygen atoms in total. The molecule has 0 saturated carbocycles. The van der Waals surface area contributed by atoms with E-state index < -0.39 is 0 Å². The fourth-order valence-corrected chi connectivity index (χ4v) is 2.35. The summed E-state index contributed by atoms with van der Waals surface area (Å²) in [5.74, 6) is 0.179. The number of amides is 1. The highest BCUT2D eigenvalue weighted by atomic mass is 79.9. The maximum Gasteiger partial charge on any atom is 0.227 e. The zero-order valence-corrected chi connectivity index (χ0v) is 11.6. The van der Waals surface area contributed by atoms with Gasteiger partial charge in [0.1, 0.15) is 0 Å². The first kappa shape index (κ1) is 12.7. The van der Waals surface area contributed by atoms with Gasteiger partial charge in [-0.25, -0.2) is 0 Å². The largest absolute Gasteiger partial charge is 0.326 e. The molecule has 0 aliphatic heterocycles. The lowest BCUT2D eigenvalue weighted by atomic mass is 9.93. The van der Waals surface area contributed by atoms with Gasteiger partial charge in [0.15, 0.2) is 0 Å². The second kappa shape index (κ2) is 5.69. The van der Waals surface area contributed by atoms with Crippen LogP contribution in [0, 0.1) is 5.92 Å². The number of hydrogen-bond acceptors (Lipinski definition) is 1. The number of nitrogens with one attached hydrogen (secondary N) is 1. The van der Waals surface area contributed by atoms with Crippen LogP contribution in [0.15, 0.2) is 34.8 Å². The summed E-state index contributed by atoms with van der Waals surface area (Å²) in [6.45, 7) is 0. The number of benzene rings is 1. The van der Waals surface area contributed by atoms with Crippen LogP contribution in [0.25, 0.3) is 0 Å². The third-order valence-corrected chi connectivity index (χ3v) is 4.04. The maximum absolute atomic E-state index is 12.0. The number of carbonyl (C=O) groups excluding carboxylic acids is 1. The molecule has 0 spiro atoms. The fourth-order valence-electron chi connectivity index (χ4n) is 1.85. The van der Waals surface area contributed by atoms with E-state index in [4.69, 9.17) is 11.6 Å². The third kappa shape index (κ3) is 3.33. The minimum Gasteiger partial charge on any atom is -0.326 e. The monoisotopic (exact) mass is 313 g/mol. The minimum absolute atomic E-state index is 0.0866. The van der Waals surface area contributed by atoms with Crippen LogP contribution in [0.3, 0.4) is 0 Å². The smallest absolute Gasteiger partial charge is 0.227 e. The molecule has 1 aromatic rings. The lowest BCUT2D eigenvalue weighted by Crippen LogP contribution is -2.23. The van der Waals surface area contributed by atoms with Crippen LogP contribution in [0.1, 0.15) is 19.3 Å². The lowest BCUT2D eigenvalue weighted by molar-refractivity contribution is -0.120. The van der Waals surface area contributed by atoms with Crippen molar-refractivity contribution in [3.8, 4) is 0 Å². The van der Waals surface area contributed by atoms with Gasteiger partial charge in [-0.2, -0.15) is 0 Å². The first-order chi connectivity index (χ1) is 8.16. The van der Waals surface area contributed by atoms with Crippen molar-refractivity contribution in [1.29, 1.82) is 0 Å². The van der Waals surface area contributed by atoms with Crippen molar-refractivity contribution >= 4 is 39.1 Å². The van der Waals surface area contributed by atoms with Crippen LogP contribution < -0.4 is 5.32 Å².